The number of carbonyl (C=O) groups excluding carboxylic acids is 1. The molecule has 0 N–H and O–H groups in total. The molecule has 1 heterocycles. The molecule has 70 valence electrons. The molecule has 0 aromatic carbocycles. The molecule has 0 spiro atoms. The molecular weight excluding hydrogens is 188 g/mol. The molecule has 1 nitrogen and oxygen atoms in total. The van der Waals surface area contributed by atoms with Crippen LogP contribution in [0.15, 0.2) is 0 Å². The summed E-state index contributed by atoms with van der Waals surface area (Å²) in [6, 6.07) is 0. The first-order valence-corrected chi connectivity index (χ1v) is 6.62. The van der Waals surface area contributed by atoms with Crippen LogP contribution in [0.3, 0.4) is 0 Å². The second-order valence-electron chi connectivity index (χ2n) is 3.50. The van der Waals surface area contributed by atoms with Crippen LogP contribution >= 0.6 is 23.5 Å². The first-order chi connectivity index (χ1) is 5.70. The summed E-state index contributed by atoms with van der Waals surface area (Å²) in [4.78, 5) is 11.6. The Morgan fingerprint density at radius 2 is 2.25 bits per heavy atom. The van der Waals surface area contributed by atoms with Crippen molar-refractivity contribution in [1.82, 2.24) is 0 Å². The van der Waals surface area contributed by atoms with Gasteiger partial charge in [-0.3, -0.25) is 4.79 Å². The van der Waals surface area contributed by atoms with Crippen molar-refractivity contribution in [3.63, 3.8) is 0 Å². The fourth-order valence-corrected chi connectivity index (χ4v) is 3.87. The highest BCUT2D eigenvalue weighted by molar-refractivity contribution is 8.07. The summed E-state index contributed by atoms with van der Waals surface area (Å²) in [5.74, 6) is 4.39. The summed E-state index contributed by atoms with van der Waals surface area (Å²) < 4.78 is 0. The first-order valence-electron chi connectivity index (χ1n) is 4.42. The zero-order valence-corrected chi connectivity index (χ0v) is 9.34. The zero-order chi connectivity index (χ0) is 8.97. The number of hydrogen-bond acceptors (Lipinski definition) is 3. The molecule has 1 rings (SSSR count). The van der Waals surface area contributed by atoms with Crippen molar-refractivity contribution in [3.8, 4) is 0 Å². The van der Waals surface area contributed by atoms with Gasteiger partial charge in [-0.15, -0.1) is 11.8 Å². The summed E-state index contributed by atoms with van der Waals surface area (Å²) in [6.07, 6.45) is 0.762. The van der Waals surface area contributed by atoms with Gasteiger partial charge in [0, 0.05) is 23.7 Å². The molecule has 0 aromatic rings. The van der Waals surface area contributed by atoms with E-state index in [-0.39, 0.29) is 0 Å². The highest BCUT2D eigenvalue weighted by atomic mass is 32.2. The molecular formula is C9H16OS2. The van der Waals surface area contributed by atoms with Crippen LogP contribution in [-0.2, 0) is 4.79 Å². The van der Waals surface area contributed by atoms with E-state index in [1.54, 1.807) is 0 Å². The molecule has 3 heteroatoms. The van der Waals surface area contributed by atoms with Gasteiger partial charge in [-0.25, -0.2) is 0 Å². The van der Waals surface area contributed by atoms with Gasteiger partial charge in [0.15, 0.2) is 0 Å². The van der Waals surface area contributed by atoms with Gasteiger partial charge in [-0.1, -0.05) is 13.8 Å². The van der Waals surface area contributed by atoms with Gasteiger partial charge in [-0.05, 0) is 5.92 Å². The summed E-state index contributed by atoms with van der Waals surface area (Å²) in [7, 11) is 0. The lowest BCUT2D eigenvalue weighted by atomic mass is 10.1. The molecule has 0 aromatic heterocycles. The molecule has 0 aliphatic carbocycles. The average Bonchev–Trinajstić information content (AvgIpc) is 2.05. The zero-order valence-electron chi connectivity index (χ0n) is 7.71. The van der Waals surface area contributed by atoms with Crippen LogP contribution in [0.25, 0.3) is 0 Å². The van der Waals surface area contributed by atoms with Gasteiger partial charge < -0.3 is 0 Å². The van der Waals surface area contributed by atoms with E-state index in [9.17, 15) is 4.79 Å². The molecule has 0 radical (unpaired) electrons. The molecule has 1 saturated heterocycles. The maximum atomic E-state index is 11.6. The number of thioether (sulfide) groups is 2. The van der Waals surface area contributed by atoms with Crippen molar-refractivity contribution in [3.05, 3.63) is 0 Å². The van der Waals surface area contributed by atoms with E-state index in [0.717, 1.165) is 17.9 Å². The van der Waals surface area contributed by atoms with Crippen molar-refractivity contribution in [2.24, 2.45) is 5.92 Å². The Bertz CT molecular complexity index is 151. The monoisotopic (exact) mass is 204 g/mol. The Morgan fingerprint density at radius 3 is 2.75 bits per heavy atom. The quantitative estimate of drug-likeness (QED) is 0.703. The molecule has 0 amide bonds. The van der Waals surface area contributed by atoms with Crippen LogP contribution in [0.2, 0.25) is 0 Å². The summed E-state index contributed by atoms with van der Waals surface area (Å²) in [5.41, 5.74) is 0. The average molecular weight is 204 g/mol. The van der Waals surface area contributed by atoms with E-state index < -0.39 is 0 Å². The second kappa shape index (κ2) is 5.18. The maximum absolute atomic E-state index is 11.6. The number of ketones is 1. The largest absolute Gasteiger partial charge is 0.298 e. The Morgan fingerprint density at radius 1 is 1.50 bits per heavy atom. The fraction of sp³-hybridized carbons (Fsp3) is 0.889. The van der Waals surface area contributed by atoms with Crippen LogP contribution in [0.1, 0.15) is 20.3 Å². The van der Waals surface area contributed by atoms with Gasteiger partial charge >= 0.3 is 0 Å². The second-order valence-corrected chi connectivity index (χ2v) is 5.96. The van der Waals surface area contributed by atoms with E-state index in [2.05, 4.69) is 13.8 Å². The third-order valence-electron chi connectivity index (χ3n) is 1.78. The van der Waals surface area contributed by atoms with Crippen molar-refractivity contribution in [2.75, 3.05) is 17.3 Å². The van der Waals surface area contributed by atoms with E-state index in [1.165, 1.54) is 5.75 Å². The Kier molecular flexibility index (Phi) is 4.51. The van der Waals surface area contributed by atoms with Gasteiger partial charge in [0.05, 0.1) is 5.25 Å². The molecule has 0 bridgehead atoms. The molecule has 1 aliphatic rings. The third kappa shape index (κ3) is 3.40. The highest BCUT2D eigenvalue weighted by Crippen LogP contribution is 2.26. The predicted molar refractivity (Wildman–Crippen MR) is 58.0 cm³/mol. The number of rotatable bonds is 3. The lowest BCUT2D eigenvalue weighted by molar-refractivity contribution is -0.118. The van der Waals surface area contributed by atoms with E-state index in [1.807, 2.05) is 23.5 Å². The number of carbonyl (C=O) groups is 1. The molecule has 1 unspecified atom stereocenters. The normalized spacial score (nSPS) is 24.4. The molecule has 1 atom stereocenters. The summed E-state index contributed by atoms with van der Waals surface area (Å²) in [5, 5.41) is 0.297. The number of Topliss-reactive ketones (excluding diaryl/α,β-unsaturated/α-hetero) is 1. The van der Waals surface area contributed by atoms with Crippen LogP contribution in [-0.4, -0.2) is 28.3 Å². The standard InChI is InChI=1S/C9H16OS2/c1-7(2)5-8(10)9-6-11-3-4-12-9/h7,9H,3-6H2,1-2H3. The van der Waals surface area contributed by atoms with Gasteiger partial charge in [-0.2, -0.15) is 11.8 Å². The third-order valence-corrected chi connectivity index (χ3v) is 4.59. The van der Waals surface area contributed by atoms with Gasteiger partial charge in [0.25, 0.3) is 0 Å². The van der Waals surface area contributed by atoms with Crippen LogP contribution < -0.4 is 0 Å². The van der Waals surface area contributed by atoms with Crippen molar-refractivity contribution in [2.45, 2.75) is 25.5 Å². The summed E-state index contributed by atoms with van der Waals surface area (Å²) in [6.45, 7) is 4.22. The molecule has 12 heavy (non-hydrogen) atoms. The lowest BCUT2D eigenvalue weighted by Gasteiger charge is -2.20. The molecule has 1 aliphatic heterocycles. The molecule has 0 saturated carbocycles. The first kappa shape index (κ1) is 10.5. The predicted octanol–water partition coefficient (Wildman–Crippen LogP) is 2.45. The lowest BCUT2D eigenvalue weighted by Crippen LogP contribution is -2.25. The fourth-order valence-electron chi connectivity index (χ4n) is 1.21. The van der Waals surface area contributed by atoms with Gasteiger partial charge in [0.2, 0.25) is 0 Å². The smallest absolute Gasteiger partial charge is 0.146 e. The van der Waals surface area contributed by atoms with Crippen LogP contribution in [0, 0.1) is 5.92 Å². The van der Waals surface area contributed by atoms with Crippen molar-refractivity contribution < 1.29 is 4.79 Å². The minimum Gasteiger partial charge on any atom is -0.298 e. The number of hydrogen-bond donors (Lipinski definition) is 0. The summed E-state index contributed by atoms with van der Waals surface area (Å²) >= 11 is 3.76. The van der Waals surface area contributed by atoms with E-state index >= 15 is 0 Å². The Hall–Kier alpha value is 0.370. The Labute approximate surface area is 83.1 Å². The molecule has 1 fully saturated rings. The van der Waals surface area contributed by atoms with Crippen molar-refractivity contribution >= 4 is 29.3 Å². The topological polar surface area (TPSA) is 17.1 Å². The SMILES string of the molecule is CC(C)CC(=O)C1CSCCS1. The van der Waals surface area contributed by atoms with Crippen molar-refractivity contribution in [1.29, 1.82) is 0 Å². The van der Waals surface area contributed by atoms with E-state index in [0.29, 0.717) is 17.0 Å². The van der Waals surface area contributed by atoms with Gasteiger partial charge in [0.1, 0.15) is 5.78 Å². The Balaban J connectivity index is 2.30. The maximum Gasteiger partial charge on any atom is 0.146 e. The van der Waals surface area contributed by atoms with E-state index in [4.69, 9.17) is 0 Å². The van der Waals surface area contributed by atoms with Crippen LogP contribution in [0.4, 0.5) is 0 Å². The minimum atomic E-state index is 0.297. The minimum absolute atomic E-state index is 0.297. The van der Waals surface area contributed by atoms with Crippen LogP contribution in [0.5, 0.6) is 0 Å². The highest BCUT2D eigenvalue weighted by Gasteiger charge is 2.22.